The summed E-state index contributed by atoms with van der Waals surface area (Å²) >= 11 is 0. The number of benzene rings is 2. The average molecular weight is 375 g/mol. The van der Waals surface area contributed by atoms with E-state index in [9.17, 15) is 4.79 Å². The van der Waals surface area contributed by atoms with E-state index >= 15 is 0 Å². The highest BCUT2D eigenvalue weighted by molar-refractivity contribution is 6.04. The molecule has 3 aromatic rings. The zero-order valence-corrected chi connectivity index (χ0v) is 16.3. The Morgan fingerprint density at radius 1 is 0.964 bits per heavy atom. The molecule has 5 nitrogen and oxygen atoms in total. The highest BCUT2D eigenvalue weighted by atomic mass is 16.5. The second-order valence-corrected chi connectivity index (χ2v) is 6.82. The lowest BCUT2D eigenvalue weighted by molar-refractivity contribution is 0.102. The van der Waals surface area contributed by atoms with Gasteiger partial charge in [-0.2, -0.15) is 0 Å². The van der Waals surface area contributed by atoms with Gasteiger partial charge in [-0.1, -0.05) is 42.5 Å². The van der Waals surface area contributed by atoms with Crippen LogP contribution in [0.3, 0.4) is 0 Å². The molecule has 144 valence electrons. The SMILES string of the molecule is CC(C)Oc1ccccc1NC(=O)c1cc(NC(C)c2ccccc2)ccn1. The van der Waals surface area contributed by atoms with Gasteiger partial charge in [0.05, 0.1) is 11.8 Å². The molecule has 0 aliphatic rings. The van der Waals surface area contributed by atoms with Gasteiger partial charge in [0.1, 0.15) is 11.4 Å². The van der Waals surface area contributed by atoms with E-state index in [0.29, 0.717) is 17.1 Å². The molecule has 28 heavy (non-hydrogen) atoms. The van der Waals surface area contributed by atoms with E-state index in [1.807, 2.05) is 62.4 Å². The van der Waals surface area contributed by atoms with Crippen LogP contribution >= 0.6 is 0 Å². The first-order valence-corrected chi connectivity index (χ1v) is 9.37. The minimum atomic E-state index is -0.282. The Labute approximate surface area is 165 Å². The van der Waals surface area contributed by atoms with Gasteiger partial charge in [0, 0.05) is 17.9 Å². The second kappa shape index (κ2) is 9.04. The number of carbonyl (C=O) groups is 1. The number of anilines is 2. The van der Waals surface area contributed by atoms with Crippen molar-refractivity contribution < 1.29 is 9.53 Å². The van der Waals surface area contributed by atoms with Crippen molar-refractivity contribution in [2.24, 2.45) is 0 Å². The quantitative estimate of drug-likeness (QED) is 0.589. The van der Waals surface area contributed by atoms with Gasteiger partial charge in [-0.3, -0.25) is 9.78 Å². The molecule has 5 heteroatoms. The van der Waals surface area contributed by atoms with Crippen LogP contribution < -0.4 is 15.4 Å². The molecule has 0 radical (unpaired) electrons. The minimum absolute atomic E-state index is 0.0168. The number of carbonyl (C=O) groups excluding carboxylic acids is 1. The Morgan fingerprint density at radius 2 is 1.68 bits per heavy atom. The van der Waals surface area contributed by atoms with Crippen LogP contribution in [-0.2, 0) is 0 Å². The molecule has 0 aliphatic heterocycles. The molecule has 0 fully saturated rings. The summed E-state index contributed by atoms with van der Waals surface area (Å²) in [6.45, 7) is 5.97. The highest BCUT2D eigenvalue weighted by Gasteiger charge is 2.13. The van der Waals surface area contributed by atoms with E-state index in [1.165, 1.54) is 5.56 Å². The summed E-state index contributed by atoms with van der Waals surface area (Å²) in [5.41, 5.74) is 2.97. The van der Waals surface area contributed by atoms with Gasteiger partial charge in [0.15, 0.2) is 0 Å². The summed E-state index contributed by atoms with van der Waals surface area (Å²) in [4.78, 5) is 16.9. The zero-order chi connectivity index (χ0) is 19.9. The summed E-state index contributed by atoms with van der Waals surface area (Å²) in [5.74, 6) is 0.355. The van der Waals surface area contributed by atoms with E-state index in [-0.39, 0.29) is 18.1 Å². The molecular formula is C23H25N3O2. The number of rotatable bonds is 7. The molecule has 2 N–H and O–H groups in total. The summed E-state index contributed by atoms with van der Waals surface area (Å²) in [5, 5.41) is 6.30. The average Bonchev–Trinajstić information content (AvgIpc) is 2.70. The van der Waals surface area contributed by atoms with Crippen LogP contribution in [0, 0.1) is 0 Å². The molecule has 1 atom stereocenters. The van der Waals surface area contributed by atoms with Gasteiger partial charge in [-0.15, -0.1) is 0 Å². The van der Waals surface area contributed by atoms with Crippen LogP contribution in [-0.4, -0.2) is 17.0 Å². The van der Waals surface area contributed by atoms with Crippen LogP contribution in [0.5, 0.6) is 5.75 Å². The van der Waals surface area contributed by atoms with Gasteiger partial charge in [-0.25, -0.2) is 0 Å². The maximum atomic E-state index is 12.7. The highest BCUT2D eigenvalue weighted by Crippen LogP contribution is 2.26. The van der Waals surface area contributed by atoms with E-state index in [0.717, 1.165) is 5.69 Å². The molecule has 1 aromatic heterocycles. The minimum Gasteiger partial charge on any atom is -0.489 e. The Kier molecular flexibility index (Phi) is 6.27. The van der Waals surface area contributed by atoms with E-state index in [2.05, 4.69) is 34.7 Å². The molecule has 0 saturated heterocycles. The fourth-order valence-electron chi connectivity index (χ4n) is 2.83. The fraction of sp³-hybridized carbons (Fsp3) is 0.217. The fourth-order valence-corrected chi connectivity index (χ4v) is 2.83. The lowest BCUT2D eigenvalue weighted by Crippen LogP contribution is -2.16. The lowest BCUT2D eigenvalue weighted by atomic mass is 10.1. The van der Waals surface area contributed by atoms with Crippen LogP contribution in [0.4, 0.5) is 11.4 Å². The molecule has 0 spiro atoms. The Bertz CT molecular complexity index is 926. The van der Waals surface area contributed by atoms with E-state index in [4.69, 9.17) is 4.74 Å². The summed E-state index contributed by atoms with van der Waals surface area (Å²) < 4.78 is 5.76. The number of para-hydroxylation sites is 2. The van der Waals surface area contributed by atoms with Crippen molar-refractivity contribution in [2.45, 2.75) is 32.9 Å². The van der Waals surface area contributed by atoms with Crippen LogP contribution in [0.15, 0.2) is 72.9 Å². The first-order valence-electron chi connectivity index (χ1n) is 9.37. The van der Waals surface area contributed by atoms with Gasteiger partial charge in [0.2, 0.25) is 0 Å². The Hall–Kier alpha value is -3.34. The zero-order valence-electron chi connectivity index (χ0n) is 16.3. The standard InChI is InChI=1S/C23H25N3O2/c1-16(2)28-22-12-8-7-11-20(22)26-23(27)21-15-19(13-14-24-21)25-17(3)18-9-5-4-6-10-18/h4-17H,1-3H3,(H,24,25)(H,26,27). The van der Waals surface area contributed by atoms with Crippen molar-refractivity contribution in [1.29, 1.82) is 0 Å². The van der Waals surface area contributed by atoms with E-state index < -0.39 is 0 Å². The Morgan fingerprint density at radius 3 is 2.43 bits per heavy atom. The molecule has 0 bridgehead atoms. The third kappa shape index (κ3) is 5.10. The molecular weight excluding hydrogens is 350 g/mol. The normalized spacial score (nSPS) is 11.7. The van der Waals surface area contributed by atoms with Crippen molar-refractivity contribution in [3.05, 3.63) is 84.2 Å². The molecule has 3 rings (SSSR count). The first-order chi connectivity index (χ1) is 13.5. The number of hydrogen-bond acceptors (Lipinski definition) is 4. The molecule has 2 aromatic carbocycles. The number of amides is 1. The molecule has 1 unspecified atom stereocenters. The monoisotopic (exact) mass is 375 g/mol. The first kappa shape index (κ1) is 19.4. The molecule has 1 heterocycles. The van der Waals surface area contributed by atoms with Crippen LogP contribution in [0.25, 0.3) is 0 Å². The smallest absolute Gasteiger partial charge is 0.274 e. The molecule has 0 aliphatic carbocycles. The Balaban J connectivity index is 1.73. The second-order valence-electron chi connectivity index (χ2n) is 6.82. The predicted molar refractivity (Wildman–Crippen MR) is 113 cm³/mol. The third-order valence-electron chi connectivity index (χ3n) is 4.17. The van der Waals surface area contributed by atoms with Crippen LogP contribution in [0.2, 0.25) is 0 Å². The van der Waals surface area contributed by atoms with Crippen molar-refractivity contribution in [2.75, 3.05) is 10.6 Å². The van der Waals surface area contributed by atoms with Crippen LogP contribution in [0.1, 0.15) is 42.9 Å². The summed E-state index contributed by atoms with van der Waals surface area (Å²) in [6, 6.07) is 21.2. The van der Waals surface area contributed by atoms with Gasteiger partial charge in [-0.05, 0) is 50.6 Å². The van der Waals surface area contributed by atoms with Crippen molar-refractivity contribution >= 4 is 17.3 Å². The number of ether oxygens (including phenoxy) is 1. The summed E-state index contributed by atoms with van der Waals surface area (Å²) in [6.07, 6.45) is 1.65. The topological polar surface area (TPSA) is 63.2 Å². The predicted octanol–water partition coefficient (Wildman–Crippen LogP) is 5.29. The maximum Gasteiger partial charge on any atom is 0.274 e. The van der Waals surface area contributed by atoms with Crippen molar-refractivity contribution in [3.63, 3.8) is 0 Å². The van der Waals surface area contributed by atoms with Crippen molar-refractivity contribution in [3.8, 4) is 5.75 Å². The van der Waals surface area contributed by atoms with Gasteiger partial charge >= 0.3 is 0 Å². The van der Waals surface area contributed by atoms with E-state index in [1.54, 1.807) is 12.3 Å². The van der Waals surface area contributed by atoms with Gasteiger partial charge in [0.25, 0.3) is 5.91 Å². The number of nitrogens with zero attached hydrogens (tertiary/aromatic N) is 1. The third-order valence-corrected chi connectivity index (χ3v) is 4.17. The van der Waals surface area contributed by atoms with Gasteiger partial charge < -0.3 is 15.4 Å². The number of pyridine rings is 1. The molecule has 1 amide bonds. The largest absolute Gasteiger partial charge is 0.489 e. The number of nitrogens with one attached hydrogen (secondary N) is 2. The maximum absolute atomic E-state index is 12.7. The summed E-state index contributed by atoms with van der Waals surface area (Å²) in [7, 11) is 0. The van der Waals surface area contributed by atoms with Crippen molar-refractivity contribution in [1.82, 2.24) is 4.98 Å². The number of hydrogen-bond donors (Lipinski definition) is 2. The number of aromatic nitrogens is 1. The lowest BCUT2D eigenvalue weighted by Gasteiger charge is -2.16. The molecule has 0 saturated carbocycles.